The van der Waals surface area contributed by atoms with Crippen LogP contribution in [0.25, 0.3) is 0 Å². The Labute approximate surface area is 90.8 Å². The van der Waals surface area contributed by atoms with Gasteiger partial charge in [0.1, 0.15) is 0 Å². The summed E-state index contributed by atoms with van der Waals surface area (Å²) in [6, 6.07) is 0. The Kier molecular flexibility index (Phi) is 4.93. The van der Waals surface area contributed by atoms with Crippen molar-refractivity contribution in [3.63, 3.8) is 0 Å². The molecule has 0 aliphatic heterocycles. The summed E-state index contributed by atoms with van der Waals surface area (Å²) in [5.41, 5.74) is 0. The van der Waals surface area contributed by atoms with E-state index in [-0.39, 0.29) is 0 Å². The monoisotopic (exact) mass is 364 g/mol. The van der Waals surface area contributed by atoms with Gasteiger partial charge in [0.25, 0.3) is 0 Å². The van der Waals surface area contributed by atoms with Crippen molar-refractivity contribution in [3.05, 3.63) is 0 Å². The van der Waals surface area contributed by atoms with Crippen molar-refractivity contribution in [2.75, 3.05) is 8.86 Å². The van der Waals surface area contributed by atoms with Gasteiger partial charge in [-0.25, -0.2) is 0 Å². The molecule has 1 aliphatic carbocycles. The first-order valence-electron chi connectivity index (χ1n) is 3.98. The van der Waals surface area contributed by atoms with Crippen molar-refractivity contribution in [2.24, 2.45) is 11.8 Å². The van der Waals surface area contributed by atoms with E-state index in [2.05, 4.69) is 45.2 Å². The smallest absolute Gasteiger partial charge is 0.00237 e. The molecule has 2 heteroatoms. The fourth-order valence-corrected chi connectivity index (χ4v) is 3.30. The highest BCUT2D eigenvalue weighted by Gasteiger charge is 2.18. The molecule has 0 atom stereocenters. The number of halogens is 2. The first-order valence-corrected chi connectivity index (χ1v) is 7.04. The standard InChI is InChI=1S/C8H14I2/c9-5-7-1-2-8(6-10)4-3-7/h7-8H,1-6H2. The lowest BCUT2D eigenvalue weighted by Gasteiger charge is -2.25. The van der Waals surface area contributed by atoms with Gasteiger partial charge in [0, 0.05) is 8.86 Å². The fraction of sp³-hybridized carbons (Fsp3) is 1.00. The van der Waals surface area contributed by atoms with Crippen LogP contribution in [0.15, 0.2) is 0 Å². The second-order valence-corrected chi connectivity index (χ2v) is 4.96. The Bertz CT molecular complexity index is 73.3. The molecule has 1 fully saturated rings. The van der Waals surface area contributed by atoms with E-state index in [1.807, 2.05) is 0 Å². The minimum atomic E-state index is 1.06. The first-order chi connectivity index (χ1) is 4.86. The van der Waals surface area contributed by atoms with Crippen molar-refractivity contribution in [2.45, 2.75) is 25.7 Å². The quantitative estimate of drug-likeness (QED) is 0.518. The predicted octanol–water partition coefficient (Wildman–Crippen LogP) is 3.66. The van der Waals surface area contributed by atoms with Crippen LogP contribution in [0.5, 0.6) is 0 Å². The second-order valence-electron chi connectivity index (χ2n) is 3.20. The summed E-state index contributed by atoms with van der Waals surface area (Å²) in [6.45, 7) is 0. The molecule has 0 heterocycles. The minimum absolute atomic E-state index is 1.06. The van der Waals surface area contributed by atoms with Crippen LogP contribution in [0.2, 0.25) is 0 Å². The van der Waals surface area contributed by atoms with Crippen molar-refractivity contribution < 1.29 is 0 Å². The van der Waals surface area contributed by atoms with Crippen molar-refractivity contribution in [3.8, 4) is 0 Å². The van der Waals surface area contributed by atoms with E-state index in [0.717, 1.165) is 11.8 Å². The molecule has 0 aromatic rings. The summed E-state index contributed by atoms with van der Waals surface area (Å²) in [7, 11) is 0. The zero-order chi connectivity index (χ0) is 7.40. The van der Waals surface area contributed by atoms with Crippen LogP contribution >= 0.6 is 45.2 Å². The minimum Gasteiger partial charge on any atom is -0.0861 e. The normalized spacial score (nSPS) is 34.2. The lowest BCUT2D eigenvalue weighted by atomic mass is 9.84. The van der Waals surface area contributed by atoms with Crippen LogP contribution in [0.3, 0.4) is 0 Å². The molecule has 1 aliphatic rings. The lowest BCUT2D eigenvalue weighted by Crippen LogP contribution is -2.15. The van der Waals surface area contributed by atoms with E-state index < -0.39 is 0 Å². The lowest BCUT2D eigenvalue weighted by molar-refractivity contribution is 0.321. The maximum absolute atomic E-state index is 2.52. The van der Waals surface area contributed by atoms with Crippen LogP contribution in [0.4, 0.5) is 0 Å². The average Bonchev–Trinajstić information content (AvgIpc) is 2.05. The van der Waals surface area contributed by atoms with Crippen LogP contribution < -0.4 is 0 Å². The van der Waals surface area contributed by atoms with Gasteiger partial charge in [-0.3, -0.25) is 0 Å². The Morgan fingerprint density at radius 2 is 1.10 bits per heavy atom. The molecule has 0 aromatic carbocycles. The second kappa shape index (κ2) is 5.17. The highest BCUT2D eigenvalue weighted by atomic mass is 127. The average molecular weight is 364 g/mol. The Hall–Kier alpha value is 1.46. The van der Waals surface area contributed by atoms with Crippen molar-refractivity contribution >= 4 is 45.2 Å². The molecule has 1 rings (SSSR count). The summed E-state index contributed by atoms with van der Waals surface area (Å²) >= 11 is 5.05. The Morgan fingerprint density at radius 1 is 0.800 bits per heavy atom. The maximum Gasteiger partial charge on any atom is 0.00237 e. The zero-order valence-corrected chi connectivity index (χ0v) is 10.5. The molecule has 0 nitrogen and oxygen atoms in total. The first kappa shape index (κ1) is 9.55. The van der Waals surface area contributed by atoms with E-state index in [4.69, 9.17) is 0 Å². The molecule has 0 bridgehead atoms. The third-order valence-corrected chi connectivity index (χ3v) is 4.89. The van der Waals surface area contributed by atoms with Gasteiger partial charge in [0.05, 0.1) is 0 Å². The number of hydrogen-bond acceptors (Lipinski definition) is 0. The van der Waals surface area contributed by atoms with Crippen LogP contribution in [-0.4, -0.2) is 8.86 Å². The molecule has 0 spiro atoms. The van der Waals surface area contributed by atoms with E-state index in [9.17, 15) is 0 Å². The van der Waals surface area contributed by atoms with Gasteiger partial charge in [0.2, 0.25) is 0 Å². The van der Waals surface area contributed by atoms with E-state index in [1.165, 1.54) is 34.5 Å². The molecule has 0 aromatic heterocycles. The maximum atomic E-state index is 2.52. The van der Waals surface area contributed by atoms with Gasteiger partial charge in [0.15, 0.2) is 0 Å². The molecule has 0 saturated heterocycles. The fourth-order valence-electron chi connectivity index (χ4n) is 1.54. The zero-order valence-electron chi connectivity index (χ0n) is 6.15. The summed E-state index contributed by atoms with van der Waals surface area (Å²) < 4.78 is 2.76. The summed E-state index contributed by atoms with van der Waals surface area (Å²) in [6.07, 6.45) is 5.99. The summed E-state index contributed by atoms with van der Waals surface area (Å²) in [5.74, 6) is 2.11. The van der Waals surface area contributed by atoms with E-state index >= 15 is 0 Å². The molecule has 60 valence electrons. The summed E-state index contributed by atoms with van der Waals surface area (Å²) in [5, 5.41) is 0. The topological polar surface area (TPSA) is 0 Å². The van der Waals surface area contributed by atoms with Crippen LogP contribution in [0, 0.1) is 11.8 Å². The number of rotatable bonds is 2. The van der Waals surface area contributed by atoms with Gasteiger partial charge in [-0.1, -0.05) is 45.2 Å². The Balaban J connectivity index is 2.17. The molecule has 0 radical (unpaired) electrons. The number of hydrogen-bond donors (Lipinski definition) is 0. The van der Waals surface area contributed by atoms with Crippen LogP contribution in [-0.2, 0) is 0 Å². The highest BCUT2D eigenvalue weighted by Crippen LogP contribution is 2.30. The largest absolute Gasteiger partial charge is 0.0861 e. The van der Waals surface area contributed by atoms with E-state index in [0.29, 0.717) is 0 Å². The third-order valence-electron chi connectivity index (χ3n) is 2.40. The van der Waals surface area contributed by atoms with Gasteiger partial charge < -0.3 is 0 Å². The van der Waals surface area contributed by atoms with E-state index in [1.54, 1.807) is 0 Å². The van der Waals surface area contributed by atoms with Gasteiger partial charge in [-0.05, 0) is 37.5 Å². The van der Waals surface area contributed by atoms with Gasteiger partial charge >= 0.3 is 0 Å². The molecule has 0 N–H and O–H groups in total. The number of alkyl halides is 2. The van der Waals surface area contributed by atoms with Crippen molar-refractivity contribution in [1.82, 2.24) is 0 Å². The predicted molar refractivity (Wildman–Crippen MR) is 63.2 cm³/mol. The molecule has 10 heavy (non-hydrogen) atoms. The summed E-state index contributed by atoms with van der Waals surface area (Å²) in [4.78, 5) is 0. The molecular formula is C8H14I2. The molecule has 0 amide bonds. The van der Waals surface area contributed by atoms with Crippen LogP contribution in [0.1, 0.15) is 25.7 Å². The Morgan fingerprint density at radius 3 is 1.30 bits per heavy atom. The highest BCUT2D eigenvalue weighted by molar-refractivity contribution is 14.1. The molecular weight excluding hydrogens is 350 g/mol. The van der Waals surface area contributed by atoms with Gasteiger partial charge in [-0.2, -0.15) is 0 Å². The van der Waals surface area contributed by atoms with Crippen molar-refractivity contribution in [1.29, 1.82) is 0 Å². The molecule has 0 unspecified atom stereocenters. The van der Waals surface area contributed by atoms with Gasteiger partial charge in [-0.15, -0.1) is 0 Å². The molecule has 1 saturated carbocycles. The third kappa shape index (κ3) is 2.83. The SMILES string of the molecule is ICC1CCC(CI)CC1.